The molecule has 1 aromatic rings. The molecule has 3 heteroatoms. The van der Waals surface area contributed by atoms with Gasteiger partial charge in [-0.1, -0.05) is 63.6 Å². The molecule has 0 aliphatic carbocycles. The van der Waals surface area contributed by atoms with Crippen LogP contribution in [0.15, 0.2) is 18.2 Å². The van der Waals surface area contributed by atoms with Crippen molar-refractivity contribution in [1.29, 1.82) is 0 Å². The second-order valence-corrected chi connectivity index (χ2v) is 5.79. The molecule has 0 heterocycles. The molecule has 0 aliphatic heterocycles. The Balaban J connectivity index is 2.55. The highest BCUT2D eigenvalue weighted by molar-refractivity contribution is 6.30. The molecule has 1 nitrogen and oxygen atoms in total. The second-order valence-electron chi connectivity index (χ2n) is 5.38. The molecule has 0 saturated carbocycles. The summed E-state index contributed by atoms with van der Waals surface area (Å²) in [6.45, 7) is 5.33. The molecule has 20 heavy (non-hydrogen) atoms. The SMILES string of the molecule is CCCCCCCC(NCCC)c1ccc(Cl)c(F)c1. The van der Waals surface area contributed by atoms with Crippen molar-refractivity contribution < 1.29 is 4.39 Å². The molecule has 1 atom stereocenters. The van der Waals surface area contributed by atoms with Gasteiger partial charge in [0.1, 0.15) is 5.82 Å². The fourth-order valence-corrected chi connectivity index (χ4v) is 2.50. The molecule has 0 radical (unpaired) electrons. The van der Waals surface area contributed by atoms with Gasteiger partial charge in [-0.3, -0.25) is 0 Å². The van der Waals surface area contributed by atoms with Crippen molar-refractivity contribution in [3.05, 3.63) is 34.6 Å². The van der Waals surface area contributed by atoms with Crippen LogP contribution in [0.5, 0.6) is 0 Å². The predicted octanol–water partition coefficient (Wildman–Crippen LogP) is 5.88. The minimum absolute atomic E-state index is 0.200. The maximum Gasteiger partial charge on any atom is 0.142 e. The Morgan fingerprint density at radius 1 is 1.10 bits per heavy atom. The lowest BCUT2D eigenvalue weighted by atomic mass is 9.99. The van der Waals surface area contributed by atoms with Crippen molar-refractivity contribution in [3.8, 4) is 0 Å². The topological polar surface area (TPSA) is 12.0 Å². The number of unbranched alkanes of at least 4 members (excludes halogenated alkanes) is 4. The van der Waals surface area contributed by atoms with Crippen LogP contribution >= 0.6 is 11.6 Å². The van der Waals surface area contributed by atoms with Gasteiger partial charge in [-0.25, -0.2) is 4.39 Å². The lowest BCUT2D eigenvalue weighted by Crippen LogP contribution is -2.22. The molecular formula is C17H27ClFN. The quantitative estimate of drug-likeness (QED) is 0.532. The smallest absolute Gasteiger partial charge is 0.142 e. The largest absolute Gasteiger partial charge is 0.310 e. The molecule has 1 aromatic carbocycles. The van der Waals surface area contributed by atoms with Gasteiger partial charge >= 0.3 is 0 Å². The van der Waals surface area contributed by atoms with Gasteiger partial charge in [0.15, 0.2) is 0 Å². The van der Waals surface area contributed by atoms with E-state index < -0.39 is 0 Å². The van der Waals surface area contributed by atoms with Crippen molar-refractivity contribution in [1.82, 2.24) is 5.32 Å². The van der Waals surface area contributed by atoms with E-state index in [4.69, 9.17) is 11.6 Å². The van der Waals surface area contributed by atoms with Crippen LogP contribution in [0, 0.1) is 5.82 Å². The van der Waals surface area contributed by atoms with Crippen molar-refractivity contribution in [2.75, 3.05) is 6.54 Å². The number of hydrogen-bond donors (Lipinski definition) is 1. The zero-order valence-corrected chi connectivity index (χ0v) is 13.5. The van der Waals surface area contributed by atoms with Crippen LogP contribution in [0.25, 0.3) is 0 Å². The van der Waals surface area contributed by atoms with E-state index in [0.29, 0.717) is 0 Å². The van der Waals surface area contributed by atoms with Gasteiger partial charge in [-0.05, 0) is 37.1 Å². The molecule has 0 saturated heterocycles. The minimum Gasteiger partial charge on any atom is -0.310 e. The van der Waals surface area contributed by atoms with Crippen LogP contribution in [-0.2, 0) is 0 Å². The lowest BCUT2D eigenvalue weighted by molar-refractivity contribution is 0.466. The molecule has 0 aromatic heterocycles. The van der Waals surface area contributed by atoms with E-state index >= 15 is 0 Å². The van der Waals surface area contributed by atoms with Gasteiger partial charge in [0.2, 0.25) is 0 Å². The standard InChI is InChI=1S/C17H27ClFN/c1-3-5-6-7-8-9-17(20-12-4-2)14-10-11-15(18)16(19)13-14/h10-11,13,17,20H,3-9,12H2,1-2H3. The fraction of sp³-hybridized carbons (Fsp3) is 0.647. The molecule has 0 fully saturated rings. The molecule has 0 aliphatic rings. The van der Waals surface area contributed by atoms with Gasteiger partial charge in [0.25, 0.3) is 0 Å². The first-order valence-electron chi connectivity index (χ1n) is 7.87. The Kier molecular flexibility index (Phi) is 8.88. The molecule has 0 spiro atoms. The van der Waals surface area contributed by atoms with Gasteiger partial charge in [-0.2, -0.15) is 0 Å². The molecule has 0 amide bonds. The second kappa shape index (κ2) is 10.2. The summed E-state index contributed by atoms with van der Waals surface area (Å²) >= 11 is 5.76. The first-order chi connectivity index (χ1) is 9.69. The fourth-order valence-electron chi connectivity index (χ4n) is 2.39. The van der Waals surface area contributed by atoms with Crippen LogP contribution in [0.4, 0.5) is 4.39 Å². The first-order valence-corrected chi connectivity index (χ1v) is 8.25. The van der Waals surface area contributed by atoms with Gasteiger partial charge in [-0.15, -0.1) is 0 Å². The molecule has 1 rings (SSSR count). The van der Waals surface area contributed by atoms with E-state index in [-0.39, 0.29) is 16.9 Å². The molecule has 0 bridgehead atoms. The summed E-state index contributed by atoms with van der Waals surface area (Å²) in [7, 11) is 0. The van der Waals surface area contributed by atoms with E-state index in [1.54, 1.807) is 12.1 Å². The Labute approximate surface area is 127 Å². The van der Waals surface area contributed by atoms with Gasteiger partial charge < -0.3 is 5.32 Å². The third-order valence-electron chi connectivity index (χ3n) is 3.58. The van der Waals surface area contributed by atoms with E-state index in [2.05, 4.69) is 19.2 Å². The number of halogens is 2. The van der Waals surface area contributed by atoms with Gasteiger partial charge in [0, 0.05) is 6.04 Å². The number of benzene rings is 1. The average molecular weight is 300 g/mol. The zero-order valence-electron chi connectivity index (χ0n) is 12.7. The summed E-state index contributed by atoms with van der Waals surface area (Å²) in [6.07, 6.45) is 8.46. The maximum atomic E-state index is 13.6. The molecule has 1 N–H and O–H groups in total. The van der Waals surface area contributed by atoms with E-state index in [9.17, 15) is 4.39 Å². The maximum absolute atomic E-state index is 13.6. The Hall–Kier alpha value is -0.600. The van der Waals surface area contributed by atoms with Crippen LogP contribution < -0.4 is 5.32 Å². The average Bonchev–Trinajstić information content (AvgIpc) is 2.45. The highest BCUT2D eigenvalue weighted by Gasteiger charge is 2.12. The molecular weight excluding hydrogens is 273 g/mol. The summed E-state index contributed by atoms with van der Waals surface area (Å²) in [5.74, 6) is -0.321. The Morgan fingerprint density at radius 2 is 1.85 bits per heavy atom. The highest BCUT2D eigenvalue weighted by Crippen LogP contribution is 2.24. The van der Waals surface area contributed by atoms with E-state index in [0.717, 1.165) is 24.9 Å². The summed E-state index contributed by atoms with van der Waals surface area (Å²) in [4.78, 5) is 0. The normalized spacial score (nSPS) is 12.6. The number of hydrogen-bond acceptors (Lipinski definition) is 1. The van der Waals surface area contributed by atoms with Crippen molar-refractivity contribution in [2.45, 2.75) is 64.8 Å². The summed E-state index contributed by atoms with van der Waals surface area (Å²) in [5.41, 5.74) is 1.01. The molecule has 114 valence electrons. The third kappa shape index (κ3) is 6.23. The van der Waals surface area contributed by atoms with Crippen LogP contribution in [0.2, 0.25) is 5.02 Å². The Morgan fingerprint density at radius 3 is 2.50 bits per heavy atom. The van der Waals surface area contributed by atoms with Gasteiger partial charge in [0.05, 0.1) is 5.02 Å². The van der Waals surface area contributed by atoms with Crippen LogP contribution in [-0.4, -0.2) is 6.54 Å². The first kappa shape index (κ1) is 17.5. The van der Waals surface area contributed by atoms with Crippen LogP contribution in [0.3, 0.4) is 0 Å². The summed E-state index contributed by atoms with van der Waals surface area (Å²) in [5, 5.41) is 3.71. The molecule has 1 unspecified atom stereocenters. The minimum atomic E-state index is -0.321. The lowest BCUT2D eigenvalue weighted by Gasteiger charge is -2.19. The van der Waals surface area contributed by atoms with Crippen molar-refractivity contribution in [2.24, 2.45) is 0 Å². The number of nitrogens with one attached hydrogen (secondary N) is 1. The van der Waals surface area contributed by atoms with E-state index in [1.807, 2.05) is 6.07 Å². The van der Waals surface area contributed by atoms with Crippen molar-refractivity contribution >= 4 is 11.6 Å². The summed E-state index contributed by atoms with van der Waals surface area (Å²) < 4.78 is 13.6. The predicted molar refractivity (Wildman–Crippen MR) is 85.8 cm³/mol. The van der Waals surface area contributed by atoms with Crippen LogP contribution in [0.1, 0.15) is 70.4 Å². The van der Waals surface area contributed by atoms with E-state index in [1.165, 1.54) is 32.1 Å². The Bertz CT molecular complexity index is 381. The zero-order chi connectivity index (χ0) is 14.8. The summed E-state index contributed by atoms with van der Waals surface area (Å²) in [6, 6.07) is 5.40. The number of rotatable bonds is 10. The third-order valence-corrected chi connectivity index (χ3v) is 3.89. The monoisotopic (exact) mass is 299 g/mol. The van der Waals surface area contributed by atoms with Crippen molar-refractivity contribution in [3.63, 3.8) is 0 Å². The highest BCUT2D eigenvalue weighted by atomic mass is 35.5.